The Morgan fingerprint density at radius 3 is 2.92 bits per heavy atom. The third-order valence-electron chi connectivity index (χ3n) is 2.80. The molecule has 2 nitrogen and oxygen atoms in total. The topological polar surface area (TPSA) is 38.4 Å². The Kier molecular flexibility index (Phi) is 4.12. The highest BCUT2D eigenvalue weighted by atomic mass is 15.1. The fourth-order valence-electron chi connectivity index (χ4n) is 2.06. The van der Waals surface area contributed by atoms with E-state index >= 15 is 0 Å². The zero-order valence-electron chi connectivity index (χ0n) is 8.05. The molecule has 1 aliphatic carbocycles. The summed E-state index contributed by atoms with van der Waals surface area (Å²) in [5.41, 5.74) is 1.23. The Morgan fingerprint density at radius 2 is 2.25 bits per heavy atom. The van der Waals surface area contributed by atoms with Crippen molar-refractivity contribution in [3.63, 3.8) is 0 Å². The van der Waals surface area contributed by atoms with Crippen LogP contribution >= 0.6 is 0 Å². The van der Waals surface area contributed by atoms with Crippen molar-refractivity contribution in [2.75, 3.05) is 0 Å². The van der Waals surface area contributed by atoms with Gasteiger partial charge < -0.3 is 5.84 Å². The molecular formula is C10H20N2. The van der Waals surface area contributed by atoms with Gasteiger partial charge in [-0.2, -0.15) is 5.10 Å². The molecule has 1 rings (SSSR count). The second-order valence-electron chi connectivity index (χ2n) is 3.78. The maximum absolute atomic E-state index is 5.28. The normalized spacial score (nSPS) is 28.8. The minimum Gasteiger partial charge on any atom is -0.323 e. The molecule has 0 aromatic carbocycles. The zero-order valence-corrected chi connectivity index (χ0v) is 8.05. The lowest BCUT2D eigenvalue weighted by atomic mass is 9.95. The van der Waals surface area contributed by atoms with E-state index in [-0.39, 0.29) is 0 Å². The molecule has 2 heteroatoms. The van der Waals surface area contributed by atoms with E-state index in [0.717, 1.165) is 18.8 Å². The second kappa shape index (κ2) is 5.18. The first-order chi connectivity index (χ1) is 5.86. The van der Waals surface area contributed by atoms with Crippen LogP contribution in [0.25, 0.3) is 0 Å². The Hall–Kier alpha value is -0.530. The quantitative estimate of drug-likeness (QED) is 0.384. The number of hydrazone groups is 1. The minimum atomic E-state index is 0.939. The van der Waals surface area contributed by atoms with Gasteiger partial charge in [0, 0.05) is 5.71 Å². The Morgan fingerprint density at radius 1 is 1.42 bits per heavy atom. The molecule has 70 valence electrons. The van der Waals surface area contributed by atoms with Gasteiger partial charge in [-0.05, 0) is 31.6 Å². The average Bonchev–Trinajstić information content (AvgIpc) is 2.31. The summed E-state index contributed by atoms with van der Waals surface area (Å²) in [5.74, 6) is 6.22. The summed E-state index contributed by atoms with van der Waals surface area (Å²) < 4.78 is 0. The van der Waals surface area contributed by atoms with E-state index in [0.29, 0.717) is 0 Å². The van der Waals surface area contributed by atoms with Crippen molar-refractivity contribution >= 4 is 5.71 Å². The van der Waals surface area contributed by atoms with E-state index < -0.39 is 0 Å². The summed E-state index contributed by atoms with van der Waals surface area (Å²) >= 11 is 0. The van der Waals surface area contributed by atoms with Crippen LogP contribution in [-0.4, -0.2) is 5.71 Å². The van der Waals surface area contributed by atoms with Gasteiger partial charge in [0.1, 0.15) is 0 Å². The molecule has 0 heterocycles. The number of nitrogens with two attached hydrogens (primary N) is 1. The molecule has 1 saturated carbocycles. The molecule has 0 aromatic heterocycles. The van der Waals surface area contributed by atoms with Crippen molar-refractivity contribution in [3.8, 4) is 0 Å². The van der Waals surface area contributed by atoms with Gasteiger partial charge in [0.15, 0.2) is 0 Å². The molecule has 0 amide bonds. The highest BCUT2D eigenvalue weighted by molar-refractivity contribution is 5.84. The van der Waals surface area contributed by atoms with Crippen LogP contribution in [0.4, 0.5) is 0 Å². The highest BCUT2D eigenvalue weighted by Gasteiger charge is 2.14. The highest BCUT2D eigenvalue weighted by Crippen LogP contribution is 2.24. The Labute approximate surface area is 75.2 Å². The van der Waals surface area contributed by atoms with Gasteiger partial charge in [-0.15, -0.1) is 0 Å². The maximum atomic E-state index is 5.28. The van der Waals surface area contributed by atoms with Crippen molar-refractivity contribution in [2.45, 2.75) is 51.9 Å². The molecule has 0 bridgehead atoms. The van der Waals surface area contributed by atoms with Gasteiger partial charge >= 0.3 is 0 Å². The van der Waals surface area contributed by atoms with E-state index in [1.54, 1.807) is 0 Å². The van der Waals surface area contributed by atoms with Crippen molar-refractivity contribution in [1.82, 2.24) is 0 Å². The fraction of sp³-hybridized carbons (Fsp3) is 0.900. The average molecular weight is 168 g/mol. The van der Waals surface area contributed by atoms with Crippen LogP contribution in [0.3, 0.4) is 0 Å². The van der Waals surface area contributed by atoms with Crippen LogP contribution in [-0.2, 0) is 0 Å². The van der Waals surface area contributed by atoms with E-state index in [2.05, 4.69) is 12.0 Å². The van der Waals surface area contributed by atoms with Crippen molar-refractivity contribution in [1.29, 1.82) is 0 Å². The van der Waals surface area contributed by atoms with E-state index in [1.165, 1.54) is 37.8 Å². The van der Waals surface area contributed by atoms with Gasteiger partial charge in [-0.25, -0.2) is 0 Å². The smallest absolute Gasteiger partial charge is 0.0376 e. The van der Waals surface area contributed by atoms with Gasteiger partial charge in [0.05, 0.1) is 0 Å². The van der Waals surface area contributed by atoms with E-state index in [4.69, 9.17) is 5.84 Å². The number of hydrogen-bond acceptors (Lipinski definition) is 2. The Bertz CT molecular complexity index is 152. The number of rotatable bonds is 2. The van der Waals surface area contributed by atoms with Crippen molar-refractivity contribution < 1.29 is 0 Å². The lowest BCUT2D eigenvalue weighted by Crippen LogP contribution is -2.01. The maximum Gasteiger partial charge on any atom is 0.0376 e. The van der Waals surface area contributed by atoms with Gasteiger partial charge in [-0.1, -0.05) is 26.2 Å². The summed E-state index contributed by atoms with van der Waals surface area (Å²) in [6, 6.07) is 0. The minimum absolute atomic E-state index is 0.939. The van der Waals surface area contributed by atoms with Crippen LogP contribution in [0.1, 0.15) is 51.9 Å². The standard InChI is InChI=1S/C10H20N2/c1-2-4-9-5-3-6-10(12-11)8-7-9/h9H,2-8,11H2,1H3/b12-10+. The van der Waals surface area contributed by atoms with Crippen LogP contribution in [0.5, 0.6) is 0 Å². The van der Waals surface area contributed by atoms with Crippen LogP contribution in [0.2, 0.25) is 0 Å². The molecule has 1 aliphatic rings. The van der Waals surface area contributed by atoms with Crippen LogP contribution < -0.4 is 5.84 Å². The van der Waals surface area contributed by atoms with Gasteiger partial charge in [0.2, 0.25) is 0 Å². The van der Waals surface area contributed by atoms with E-state index in [1.807, 2.05) is 0 Å². The molecule has 0 aliphatic heterocycles. The first-order valence-electron chi connectivity index (χ1n) is 5.12. The first-order valence-corrected chi connectivity index (χ1v) is 5.12. The third kappa shape index (κ3) is 2.84. The largest absolute Gasteiger partial charge is 0.323 e. The second-order valence-corrected chi connectivity index (χ2v) is 3.78. The molecule has 0 saturated heterocycles. The monoisotopic (exact) mass is 168 g/mol. The summed E-state index contributed by atoms with van der Waals surface area (Å²) in [6.07, 6.45) is 8.97. The number of hydrogen-bond donors (Lipinski definition) is 1. The molecule has 2 N–H and O–H groups in total. The Balaban J connectivity index is 2.34. The molecule has 12 heavy (non-hydrogen) atoms. The molecule has 0 radical (unpaired) electrons. The lowest BCUT2D eigenvalue weighted by Gasteiger charge is -2.10. The van der Waals surface area contributed by atoms with Crippen LogP contribution in [0.15, 0.2) is 5.10 Å². The lowest BCUT2D eigenvalue weighted by molar-refractivity contribution is 0.426. The number of nitrogens with zero attached hydrogens (tertiary/aromatic N) is 1. The molecule has 0 aromatic rings. The fourth-order valence-corrected chi connectivity index (χ4v) is 2.06. The van der Waals surface area contributed by atoms with Gasteiger partial charge in [0.25, 0.3) is 0 Å². The SMILES string of the molecule is CCCC1CCC/C(=N\N)CC1. The molecular weight excluding hydrogens is 148 g/mol. The summed E-state index contributed by atoms with van der Waals surface area (Å²) in [5, 5.41) is 3.82. The van der Waals surface area contributed by atoms with Gasteiger partial charge in [-0.3, -0.25) is 0 Å². The van der Waals surface area contributed by atoms with E-state index in [9.17, 15) is 0 Å². The van der Waals surface area contributed by atoms with Crippen LogP contribution in [0, 0.1) is 5.92 Å². The summed E-state index contributed by atoms with van der Waals surface area (Å²) in [4.78, 5) is 0. The predicted octanol–water partition coefficient (Wildman–Crippen LogP) is 2.68. The summed E-state index contributed by atoms with van der Waals surface area (Å²) in [7, 11) is 0. The molecule has 1 atom stereocenters. The first kappa shape index (κ1) is 9.56. The molecule has 1 fully saturated rings. The van der Waals surface area contributed by atoms with Crippen molar-refractivity contribution in [2.24, 2.45) is 16.9 Å². The zero-order chi connectivity index (χ0) is 8.81. The predicted molar refractivity (Wildman–Crippen MR) is 53.1 cm³/mol. The van der Waals surface area contributed by atoms with Crippen molar-refractivity contribution in [3.05, 3.63) is 0 Å². The summed E-state index contributed by atoms with van der Waals surface area (Å²) in [6.45, 7) is 2.27. The molecule has 1 unspecified atom stereocenters. The third-order valence-corrected chi connectivity index (χ3v) is 2.80. The molecule has 0 spiro atoms.